The molecule has 0 aromatic heterocycles. The van der Waals surface area contributed by atoms with Crippen LogP contribution in [0.25, 0.3) is 0 Å². The molecule has 0 bridgehead atoms. The first-order valence-electron chi connectivity index (χ1n) is 3.19. The van der Waals surface area contributed by atoms with E-state index in [1.165, 1.54) is 10.2 Å². The van der Waals surface area contributed by atoms with Crippen LogP contribution in [0.1, 0.15) is 5.56 Å². The Balaban J connectivity index is 3.21. The van der Waals surface area contributed by atoms with E-state index in [2.05, 4.69) is 14.8 Å². The Kier molecular flexibility index (Phi) is 3.11. The number of nitro benzene ring substituents is 1. The highest BCUT2D eigenvalue weighted by Gasteiger charge is 2.12. The molecule has 0 saturated carbocycles. The summed E-state index contributed by atoms with van der Waals surface area (Å²) in [4.78, 5) is 10.8. The van der Waals surface area contributed by atoms with Crippen molar-refractivity contribution in [3.8, 4) is 0 Å². The minimum Gasteiger partial charge on any atom is -0.258 e. The molecule has 1 aromatic carbocycles. The zero-order valence-corrected chi connectivity index (χ0v) is 8.68. The van der Waals surface area contributed by atoms with Crippen molar-refractivity contribution in [1.82, 2.24) is 0 Å². The van der Waals surface area contributed by atoms with Gasteiger partial charge in [-0.2, -0.15) is 0 Å². The van der Waals surface area contributed by atoms with Crippen LogP contribution in [0.15, 0.2) is 23.1 Å². The standard InChI is InChI=1S/C7H6BrNO2S/c1-5-2-3-7(12-8)6(4-5)9(10)11/h2-4H,1H3. The van der Waals surface area contributed by atoms with Gasteiger partial charge in [0.05, 0.1) is 9.82 Å². The number of benzene rings is 1. The van der Waals surface area contributed by atoms with Crippen LogP contribution in [0.4, 0.5) is 5.69 Å². The van der Waals surface area contributed by atoms with E-state index in [4.69, 9.17) is 0 Å². The maximum absolute atomic E-state index is 10.5. The van der Waals surface area contributed by atoms with E-state index in [-0.39, 0.29) is 10.6 Å². The predicted octanol–water partition coefficient (Wildman–Crippen LogP) is 3.31. The van der Waals surface area contributed by atoms with E-state index in [0.717, 1.165) is 5.56 Å². The van der Waals surface area contributed by atoms with Gasteiger partial charge in [0.25, 0.3) is 5.69 Å². The van der Waals surface area contributed by atoms with Crippen molar-refractivity contribution in [1.29, 1.82) is 0 Å². The van der Waals surface area contributed by atoms with Crippen LogP contribution in [0.2, 0.25) is 0 Å². The largest absolute Gasteiger partial charge is 0.284 e. The molecule has 0 fully saturated rings. The summed E-state index contributed by atoms with van der Waals surface area (Å²) in [7, 11) is 1.20. The van der Waals surface area contributed by atoms with Gasteiger partial charge in [0.2, 0.25) is 0 Å². The number of aryl methyl sites for hydroxylation is 1. The van der Waals surface area contributed by atoms with Crippen molar-refractivity contribution in [2.75, 3.05) is 0 Å². The van der Waals surface area contributed by atoms with Crippen LogP contribution in [-0.4, -0.2) is 4.92 Å². The Hall–Kier alpha value is -0.550. The minimum atomic E-state index is -0.378. The van der Waals surface area contributed by atoms with Gasteiger partial charge in [0.1, 0.15) is 0 Å². The second-order valence-electron chi connectivity index (χ2n) is 2.31. The lowest BCUT2D eigenvalue weighted by atomic mass is 10.2. The van der Waals surface area contributed by atoms with Gasteiger partial charge in [-0.1, -0.05) is 6.07 Å². The molecule has 0 atom stereocenters. The van der Waals surface area contributed by atoms with Crippen molar-refractivity contribution < 1.29 is 4.92 Å². The molecule has 0 radical (unpaired) electrons. The molecular formula is C7H6BrNO2S. The highest BCUT2D eigenvalue weighted by molar-refractivity contribution is 9.50. The third-order valence-electron chi connectivity index (χ3n) is 1.39. The molecule has 0 aliphatic rings. The summed E-state index contributed by atoms with van der Waals surface area (Å²) >= 11 is 3.11. The lowest BCUT2D eigenvalue weighted by Gasteiger charge is -1.98. The summed E-state index contributed by atoms with van der Waals surface area (Å²) < 4.78 is 0. The first-order chi connectivity index (χ1) is 5.65. The number of nitro groups is 1. The van der Waals surface area contributed by atoms with Crippen LogP contribution < -0.4 is 0 Å². The van der Waals surface area contributed by atoms with Crippen LogP contribution in [0.5, 0.6) is 0 Å². The van der Waals surface area contributed by atoms with Gasteiger partial charge in [-0.15, -0.1) is 0 Å². The van der Waals surface area contributed by atoms with Crippen LogP contribution in [-0.2, 0) is 0 Å². The van der Waals surface area contributed by atoms with Gasteiger partial charge in [-0.25, -0.2) is 0 Å². The Morgan fingerprint density at radius 3 is 2.75 bits per heavy atom. The SMILES string of the molecule is Cc1ccc(SBr)c([N+](=O)[O-])c1. The summed E-state index contributed by atoms with van der Waals surface area (Å²) in [5, 5.41) is 10.5. The lowest BCUT2D eigenvalue weighted by Crippen LogP contribution is -1.90. The second-order valence-corrected chi connectivity index (χ2v) is 3.87. The van der Waals surface area contributed by atoms with E-state index in [1.807, 2.05) is 13.0 Å². The van der Waals surface area contributed by atoms with Gasteiger partial charge >= 0.3 is 0 Å². The molecule has 0 amide bonds. The number of halogens is 1. The molecule has 12 heavy (non-hydrogen) atoms. The van der Waals surface area contributed by atoms with Crippen LogP contribution >= 0.6 is 25.0 Å². The average molecular weight is 248 g/mol. The average Bonchev–Trinajstić information content (AvgIpc) is 2.04. The van der Waals surface area contributed by atoms with E-state index in [0.29, 0.717) is 4.90 Å². The fraction of sp³-hybridized carbons (Fsp3) is 0.143. The molecule has 0 aliphatic heterocycles. The van der Waals surface area contributed by atoms with E-state index in [1.54, 1.807) is 12.1 Å². The summed E-state index contributed by atoms with van der Waals surface area (Å²) in [6.07, 6.45) is 0. The molecule has 0 heterocycles. The lowest BCUT2D eigenvalue weighted by molar-refractivity contribution is -0.387. The van der Waals surface area contributed by atoms with Gasteiger partial charge in [-0.3, -0.25) is 10.1 Å². The molecule has 0 N–H and O–H groups in total. The molecule has 5 heteroatoms. The maximum Gasteiger partial charge on any atom is 0.284 e. The highest BCUT2D eigenvalue weighted by atomic mass is 79.9. The van der Waals surface area contributed by atoms with Gasteiger partial charge in [-0.05, 0) is 43.6 Å². The smallest absolute Gasteiger partial charge is 0.258 e. The normalized spacial score (nSPS) is 9.83. The van der Waals surface area contributed by atoms with Crippen LogP contribution in [0.3, 0.4) is 0 Å². The monoisotopic (exact) mass is 247 g/mol. The van der Waals surface area contributed by atoms with Crippen molar-refractivity contribution >= 4 is 30.7 Å². The molecule has 64 valence electrons. The molecule has 0 spiro atoms. The second kappa shape index (κ2) is 3.91. The van der Waals surface area contributed by atoms with Gasteiger partial charge in [0.15, 0.2) is 0 Å². The first kappa shape index (κ1) is 9.54. The Morgan fingerprint density at radius 1 is 1.58 bits per heavy atom. The minimum absolute atomic E-state index is 0.150. The molecule has 0 aliphatic carbocycles. The number of nitrogens with zero attached hydrogens (tertiary/aromatic N) is 1. The molecule has 3 nitrogen and oxygen atoms in total. The maximum atomic E-state index is 10.5. The van der Waals surface area contributed by atoms with Crippen molar-refractivity contribution in [2.24, 2.45) is 0 Å². The van der Waals surface area contributed by atoms with Crippen molar-refractivity contribution in [3.05, 3.63) is 33.9 Å². The van der Waals surface area contributed by atoms with Crippen LogP contribution in [0, 0.1) is 17.0 Å². The van der Waals surface area contributed by atoms with E-state index >= 15 is 0 Å². The molecular weight excluding hydrogens is 242 g/mol. The Bertz CT molecular complexity index is 316. The molecule has 1 rings (SSSR count). The molecule has 0 unspecified atom stereocenters. The van der Waals surface area contributed by atoms with Crippen molar-refractivity contribution in [3.63, 3.8) is 0 Å². The third kappa shape index (κ3) is 1.98. The Morgan fingerprint density at radius 2 is 2.25 bits per heavy atom. The quantitative estimate of drug-likeness (QED) is 0.595. The van der Waals surface area contributed by atoms with Gasteiger partial charge < -0.3 is 0 Å². The fourth-order valence-corrected chi connectivity index (χ4v) is 1.99. The summed E-state index contributed by atoms with van der Waals surface area (Å²) in [6, 6.07) is 5.13. The number of hydrogen-bond acceptors (Lipinski definition) is 3. The number of hydrogen-bond donors (Lipinski definition) is 0. The summed E-state index contributed by atoms with van der Waals surface area (Å²) in [5.74, 6) is 0. The summed E-state index contributed by atoms with van der Waals surface area (Å²) in [5.41, 5.74) is 1.05. The zero-order valence-electron chi connectivity index (χ0n) is 6.28. The fourth-order valence-electron chi connectivity index (χ4n) is 0.835. The van der Waals surface area contributed by atoms with Crippen molar-refractivity contribution in [2.45, 2.75) is 11.8 Å². The topological polar surface area (TPSA) is 43.1 Å². The Labute approximate surface area is 81.5 Å². The van der Waals surface area contributed by atoms with E-state index in [9.17, 15) is 10.1 Å². The highest BCUT2D eigenvalue weighted by Crippen LogP contribution is 2.33. The zero-order chi connectivity index (χ0) is 9.14. The third-order valence-corrected chi connectivity index (χ3v) is 2.95. The van der Waals surface area contributed by atoms with E-state index < -0.39 is 0 Å². The first-order valence-corrected chi connectivity index (χ1v) is 5.84. The molecule has 0 saturated heterocycles. The molecule has 1 aromatic rings. The predicted molar refractivity (Wildman–Crippen MR) is 52.6 cm³/mol. The number of rotatable bonds is 2. The van der Waals surface area contributed by atoms with Gasteiger partial charge in [0, 0.05) is 6.07 Å². The summed E-state index contributed by atoms with van der Waals surface area (Å²) in [6.45, 7) is 1.83.